The molecule has 0 fully saturated rings. The van der Waals surface area contributed by atoms with Crippen molar-refractivity contribution in [1.82, 2.24) is 14.8 Å². The molecule has 8 nitrogen and oxygen atoms in total. The lowest BCUT2D eigenvalue weighted by atomic mass is 10.0. The molecular formula is C52H101N3O5S. The first kappa shape index (κ1) is 59.6. The molecule has 0 amide bonds. The summed E-state index contributed by atoms with van der Waals surface area (Å²) in [6.07, 6.45) is 45.6. The minimum Gasteiger partial charge on any atom is -0.462 e. The van der Waals surface area contributed by atoms with Crippen LogP contribution in [-0.2, 0) is 24.8 Å². The second-order valence-corrected chi connectivity index (χ2v) is 18.5. The molecule has 9 heteroatoms. The number of methoxy groups -OCH3 is 1. The molecule has 0 radical (unpaired) electrons. The fraction of sp³-hybridized carbons (Fsp3) is 0.904. The first-order valence-electron chi connectivity index (χ1n) is 26.2. The molecule has 360 valence electrons. The highest BCUT2D eigenvalue weighted by molar-refractivity contribution is 7.96. The van der Waals surface area contributed by atoms with Gasteiger partial charge in [-0.05, 0) is 90.3 Å². The van der Waals surface area contributed by atoms with Crippen LogP contribution < -0.4 is 4.72 Å². The number of unbranched alkanes of at least 4 members (excludes halogenated alkanes) is 24. The molecule has 0 aliphatic carbocycles. The van der Waals surface area contributed by atoms with Crippen molar-refractivity contribution < 1.29 is 23.6 Å². The topological polar surface area (TPSA) is 93.9 Å². The van der Waals surface area contributed by atoms with E-state index in [1.54, 1.807) is 18.2 Å². The summed E-state index contributed by atoms with van der Waals surface area (Å²) in [5, 5.41) is 3.96. The van der Waals surface area contributed by atoms with Crippen LogP contribution in [0.5, 0.6) is 0 Å². The molecule has 61 heavy (non-hydrogen) atoms. The highest BCUT2D eigenvalue weighted by Gasteiger charge is 2.14. The average molecular weight is 880 g/mol. The van der Waals surface area contributed by atoms with Crippen molar-refractivity contribution in [3.8, 4) is 0 Å². The Bertz CT molecular complexity index is 980. The lowest BCUT2D eigenvalue weighted by Crippen LogP contribution is -2.29. The number of carbonyl (C=O) groups excluding carboxylic acids is 2. The number of nitrogens with zero attached hydrogens (tertiary/aromatic N) is 2. The highest BCUT2D eigenvalue weighted by atomic mass is 32.2. The van der Waals surface area contributed by atoms with Crippen LogP contribution in [0.1, 0.15) is 258 Å². The fourth-order valence-electron chi connectivity index (χ4n) is 7.90. The number of carbonyl (C=O) groups is 2. The predicted octanol–water partition coefficient (Wildman–Crippen LogP) is 15.6. The summed E-state index contributed by atoms with van der Waals surface area (Å²) >= 11 is 1.69. The van der Waals surface area contributed by atoms with E-state index in [0.29, 0.717) is 18.9 Å². The van der Waals surface area contributed by atoms with Crippen molar-refractivity contribution in [2.45, 2.75) is 270 Å². The minimum atomic E-state index is 0.0297. The maximum Gasteiger partial charge on any atom is 0.306 e. The van der Waals surface area contributed by atoms with E-state index in [9.17, 15) is 9.59 Å². The van der Waals surface area contributed by atoms with Crippen LogP contribution in [0.15, 0.2) is 16.9 Å². The summed E-state index contributed by atoms with van der Waals surface area (Å²) in [6.45, 7) is 13.4. The summed E-state index contributed by atoms with van der Waals surface area (Å²) in [5.41, 5.74) is 0.968. The van der Waals surface area contributed by atoms with Gasteiger partial charge in [-0.3, -0.25) is 9.52 Å². The molecule has 1 aromatic heterocycles. The van der Waals surface area contributed by atoms with Crippen LogP contribution in [0.25, 0.3) is 0 Å². The van der Waals surface area contributed by atoms with E-state index >= 15 is 0 Å². The van der Waals surface area contributed by atoms with E-state index in [-0.39, 0.29) is 12.1 Å². The van der Waals surface area contributed by atoms with Gasteiger partial charge >= 0.3 is 5.97 Å². The normalized spacial score (nSPS) is 11.9. The van der Waals surface area contributed by atoms with Crippen LogP contribution in [0, 0.1) is 0 Å². The molecule has 0 saturated heterocycles. The predicted molar refractivity (Wildman–Crippen MR) is 263 cm³/mol. The molecule has 0 bridgehead atoms. The Morgan fingerprint density at radius 2 is 1.13 bits per heavy atom. The molecule has 0 aromatic carbocycles. The zero-order chi connectivity index (χ0) is 44.5. The number of ether oxygens (including phenoxy) is 2. The van der Waals surface area contributed by atoms with Gasteiger partial charge in [0.2, 0.25) is 0 Å². The van der Waals surface area contributed by atoms with Gasteiger partial charge in [-0.25, -0.2) is 0 Å². The molecule has 0 saturated carbocycles. The summed E-state index contributed by atoms with van der Waals surface area (Å²) < 4.78 is 19.7. The highest BCUT2D eigenvalue weighted by Crippen LogP contribution is 2.19. The molecule has 1 rings (SSSR count). The summed E-state index contributed by atoms with van der Waals surface area (Å²) in [4.78, 5) is 25.9. The Hall–Kier alpha value is -1.42. The van der Waals surface area contributed by atoms with Gasteiger partial charge in [-0.15, -0.1) is 0 Å². The Kier molecular flexibility index (Phi) is 48.4. The summed E-state index contributed by atoms with van der Waals surface area (Å²) in [7, 11) is 1.82. The first-order chi connectivity index (χ1) is 30.0. The van der Waals surface area contributed by atoms with E-state index in [0.717, 1.165) is 95.3 Å². The first-order valence-corrected chi connectivity index (χ1v) is 27.1. The Balaban J connectivity index is 0.00000237. The summed E-state index contributed by atoms with van der Waals surface area (Å²) in [5.74, 6) is 0.850. The molecule has 1 atom stereocenters. The maximum atomic E-state index is 12.7. The number of nitrogens with one attached hydrogen (secondary N) is 1. The Labute approximate surface area is 382 Å². The van der Waals surface area contributed by atoms with Crippen molar-refractivity contribution in [3.63, 3.8) is 0 Å². The molecular weight excluding hydrogens is 779 g/mol. The van der Waals surface area contributed by atoms with E-state index in [4.69, 9.17) is 14.0 Å². The van der Waals surface area contributed by atoms with Gasteiger partial charge in [-0.1, -0.05) is 186 Å². The van der Waals surface area contributed by atoms with Crippen molar-refractivity contribution in [3.05, 3.63) is 18.0 Å². The number of hydrogen-bond acceptors (Lipinski definition) is 9. The third kappa shape index (κ3) is 43.6. The third-order valence-electron chi connectivity index (χ3n) is 11.9. The smallest absolute Gasteiger partial charge is 0.306 e. The Morgan fingerprint density at radius 1 is 0.656 bits per heavy atom. The minimum absolute atomic E-state index is 0.0297. The van der Waals surface area contributed by atoms with Crippen LogP contribution >= 0.6 is 11.9 Å². The molecule has 1 aromatic rings. The fourth-order valence-corrected chi connectivity index (χ4v) is 8.59. The van der Waals surface area contributed by atoms with Crippen molar-refractivity contribution in [1.29, 1.82) is 0 Å². The van der Waals surface area contributed by atoms with E-state index < -0.39 is 0 Å². The SMILES string of the molecule is CCCCCCCCC(CC)OC.CCCCCCCCC(CCCCCCCC)OC(=O)CCCCCCCN(CCCCCCCC=O)CCCNSCc1ccon1. The third-order valence-corrected chi connectivity index (χ3v) is 12.8. The van der Waals surface area contributed by atoms with Crippen molar-refractivity contribution in [2.75, 3.05) is 33.3 Å². The van der Waals surface area contributed by atoms with Gasteiger partial charge in [-0.2, -0.15) is 0 Å². The van der Waals surface area contributed by atoms with E-state index in [1.807, 2.05) is 13.2 Å². The average Bonchev–Trinajstić information content (AvgIpc) is 3.80. The monoisotopic (exact) mass is 880 g/mol. The van der Waals surface area contributed by atoms with Crippen LogP contribution in [0.2, 0.25) is 0 Å². The summed E-state index contributed by atoms with van der Waals surface area (Å²) in [6, 6.07) is 1.91. The second kappa shape index (κ2) is 49.6. The molecule has 1 unspecified atom stereocenters. The van der Waals surface area contributed by atoms with E-state index in [2.05, 4.69) is 42.5 Å². The van der Waals surface area contributed by atoms with Gasteiger partial charge in [0.25, 0.3) is 0 Å². The van der Waals surface area contributed by atoms with Crippen LogP contribution in [-0.4, -0.2) is 67.8 Å². The lowest BCUT2D eigenvalue weighted by Gasteiger charge is -2.22. The molecule has 0 aliphatic heterocycles. The number of aldehydes is 1. The van der Waals surface area contributed by atoms with Gasteiger partial charge in [0.15, 0.2) is 0 Å². The largest absolute Gasteiger partial charge is 0.462 e. The van der Waals surface area contributed by atoms with Gasteiger partial charge in [0.05, 0.1) is 17.6 Å². The van der Waals surface area contributed by atoms with Crippen LogP contribution in [0.4, 0.5) is 0 Å². The maximum absolute atomic E-state index is 12.7. The molecule has 0 aliphatic rings. The lowest BCUT2D eigenvalue weighted by molar-refractivity contribution is -0.150. The van der Waals surface area contributed by atoms with Gasteiger partial charge in [0.1, 0.15) is 18.7 Å². The molecule has 0 spiro atoms. The second-order valence-electron chi connectivity index (χ2n) is 17.7. The molecule has 1 N–H and O–H groups in total. The number of aromatic nitrogens is 1. The number of esters is 1. The van der Waals surface area contributed by atoms with Crippen LogP contribution in [0.3, 0.4) is 0 Å². The number of hydrogen-bond donors (Lipinski definition) is 1. The number of rotatable bonds is 47. The van der Waals surface area contributed by atoms with Crippen molar-refractivity contribution >= 4 is 24.2 Å². The van der Waals surface area contributed by atoms with Crippen molar-refractivity contribution in [2.24, 2.45) is 0 Å². The molecule has 1 heterocycles. The zero-order valence-corrected chi connectivity index (χ0v) is 41.8. The quantitative estimate of drug-likeness (QED) is 0.0297. The van der Waals surface area contributed by atoms with E-state index in [1.165, 1.54) is 161 Å². The standard InChI is InChI=1S/C40H75N3O4S.C12H26O/c1-3-5-7-9-14-20-27-39(28-21-15-10-8-6-4-2)47-40(45)29-22-16-13-18-24-33-43(32-23-17-11-12-19-25-35-44)34-26-31-41-48-37-38-30-36-46-42-38;1-4-6-7-8-9-10-11-12(5-2)13-3/h30,35-36,39,41H,3-29,31-34,37H2,1-2H3;12H,4-11H2,1-3H3. The Morgan fingerprint density at radius 3 is 1.62 bits per heavy atom. The zero-order valence-electron chi connectivity index (χ0n) is 41.0. The van der Waals surface area contributed by atoms with Gasteiger partial charge in [0, 0.05) is 32.6 Å². The van der Waals surface area contributed by atoms with Gasteiger partial charge < -0.3 is 23.7 Å².